The summed E-state index contributed by atoms with van der Waals surface area (Å²) in [6, 6.07) is 7.77. The fourth-order valence-electron chi connectivity index (χ4n) is 1.37. The molecule has 0 amide bonds. The average molecular weight is 233 g/mol. The molecule has 0 unspecified atom stereocenters. The highest BCUT2D eigenvalue weighted by molar-refractivity contribution is 5.72. The third-order valence-electron chi connectivity index (χ3n) is 2.20. The van der Waals surface area contributed by atoms with Gasteiger partial charge in [0, 0.05) is 12.2 Å². The number of anilines is 1. The second-order valence-corrected chi connectivity index (χ2v) is 3.99. The Hall–Kier alpha value is -1.77. The van der Waals surface area contributed by atoms with E-state index in [0.717, 1.165) is 23.4 Å². The Morgan fingerprint density at radius 1 is 1.35 bits per heavy atom. The number of hydrogen-bond donors (Lipinski definition) is 1. The molecule has 0 heterocycles. The maximum atomic E-state index is 11.3. The topological polar surface area (TPSA) is 38.3 Å². The van der Waals surface area contributed by atoms with Crippen LogP contribution in [0.3, 0.4) is 0 Å². The van der Waals surface area contributed by atoms with Gasteiger partial charge in [0.2, 0.25) is 0 Å². The lowest BCUT2D eigenvalue weighted by Gasteiger charge is -2.07. The van der Waals surface area contributed by atoms with Crippen LogP contribution in [0, 0.1) is 0 Å². The van der Waals surface area contributed by atoms with Crippen LogP contribution in [0.25, 0.3) is 0 Å². The van der Waals surface area contributed by atoms with E-state index in [4.69, 9.17) is 4.74 Å². The van der Waals surface area contributed by atoms with Gasteiger partial charge in [0.15, 0.2) is 0 Å². The molecule has 0 aliphatic heterocycles. The minimum Gasteiger partial charge on any atom is -0.466 e. The first-order valence-electron chi connectivity index (χ1n) is 5.74. The van der Waals surface area contributed by atoms with E-state index in [1.54, 1.807) is 0 Å². The van der Waals surface area contributed by atoms with E-state index >= 15 is 0 Å². The highest BCUT2D eigenvalue weighted by Gasteiger charge is 2.03. The van der Waals surface area contributed by atoms with Gasteiger partial charge in [0.05, 0.1) is 13.0 Å². The van der Waals surface area contributed by atoms with Crippen LogP contribution in [0.2, 0.25) is 0 Å². The maximum Gasteiger partial charge on any atom is 0.310 e. The van der Waals surface area contributed by atoms with Gasteiger partial charge in [-0.3, -0.25) is 4.79 Å². The van der Waals surface area contributed by atoms with E-state index in [9.17, 15) is 4.79 Å². The van der Waals surface area contributed by atoms with Crippen LogP contribution in [-0.4, -0.2) is 19.1 Å². The predicted molar refractivity (Wildman–Crippen MR) is 70.1 cm³/mol. The van der Waals surface area contributed by atoms with Crippen molar-refractivity contribution in [3.63, 3.8) is 0 Å². The summed E-state index contributed by atoms with van der Waals surface area (Å²) in [5.41, 5.74) is 3.07. The van der Waals surface area contributed by atoms with Crippen LogP contribution in [0.15, 0.2) is 36.4 Å². The van der Waals surface area contributed by atoms with Gasteiger partial charge in [0.1, 0.15) is 0 Å². The molecule has 0 radical (unpaired) electrons. The molecule has 1 N–H and O–H groups in total. The number of benzene rings is 1. The fraction of sp³-hybridized carbons (Fsp3) is 0.357. The first-order chi connectivity index (χ1) is 8.11. The first-order valence-corrected chi connectivity index (χ1v) is 5.74. The molecular weight excluding hydrogens is 214 g/mol. The molecule has 1 aromatic carbocycles. The molecule has 0 bridgehead atoms. The Balaban J connectivity index is 2.49. The molecular formula is C14H19NO2. The van der Waals surface area contributed by atoms with E-state index in [1.165, 1.54) is 0 Å². The molecule has 1 rings (SSSR count). The van der Waals surface area contributed by atoms with E-state index in [1.807, 2.05) is 38.1 Å². The van der Waals surface area contributed by atoms with Crippen molar-refractivity contribution in [3.8, 4) is 0 Å². The molecule has 0 spiro atoms. The van der Waals surface area contributed by atoms with E-state index in [2.05, 4.69) is 11.9 Å². The summed E-state index contributed by atoms with van der Waals surface area (Å²) >= 11 is 0. The number of carbonyl (C=O) groups excluding carboxylic acids is 1. The molecule has 0 aliphatic carbocycles. The SMILES string of the molecule is C=C(C)CNc1ccc(CC(=O)OCC)cc1. The third-order valence-corrected chi connectivity index (χ3v) is 2.20. The number of rotatable bonds is 6. The summed E-state index contributed by atoms with van der Waals surface area (Å²) in [6.07, 6.45) is 0.328. The second kappa shape index (κ2) is 6.74. The van der Waals surface area contributed by atoms with Crippen LogP contribution in [0.5, 0.6) is 0 Å². The van der Waals surface area contributed by atoms with Gasteiger partial charge in [-0.1, -0.05) is 24.3 Å². The van der Waals surface area contributed by atoms with Crippen LogP contribution in [0.4, 0.5) is 5.69 Å². The van der Waals surface area contributed by atoms with Crippen LogP contribution < -0.4 is 5.32 Å². The summed E-state index contributed by atoms with van der Waals surface area (Å²) in [4.78, 5) is 11.3. The number of esters is 1. The summed E-state index contributed by atoms with van der Waals surface area (Å²) in [7, 11) is 0. The summed E-state index contributed by atoms with van der Waals surface area (Å²) in [5.74, 6) is -0.185. The number of carbonyl (C=O) groups is 1. The van der Waals surface area contributed by atoms with Crippen molar-refractivity contribution < 1.29 is 9.53 Å². The molecule has 92 valence electrons. The van der Waals surface area contributed by atoms with Crippen LogP contribution >= 0.6 is 0 Å². The first kappa shape index (κ1) is 13.3. The maximum absolute atomic E-state index is 11.3. The van der Waals surface area contributed by atoms with Crippen LogP contribution in [-0.2, 0) is 16.0 Å². The standard InChI is InChI=1S/C14H19NO2/c1-4-17-14(16)9-12-5-7-13(8-6-12)15-10-11(2)3/h5-8,15H,2,4,9-10H2,1,3H3. The highest BCUT2D eigenvalue weighted by atomic mass is 16.5. The lowest BCUT2D eigenvalue weighted by Crippen LogP contribution is -2.07. The summed E-state index contributed by atoms with van der Waals surface area (Å²) in [6.45, 7) is 8.80. The Bertz CT molecular complexity index is 382. The van der Waals surface area contributed by atoms with Crippen molar-refractivity contribution in [1.82, 2.24) is 0 Å². The number of ether oxygens (including phenoxy) is 1. The molecule has 0 atom stereocenters. The van der Waals surface area contributed by atoms with E-state index < -0.39 is 0 Å². The van der Waals surface area contributed by atoms with Crippen molar-refractivity contribution in [1.29, 1.82) is 0 Å². The minimum atomic E-state index is -0.185. The van der Waals surface area contributed by atoms with Gasteiger partial charge < -0.3 is 10.1 Å². The van der Waals surface area contributed by atoms with Crippen molar-refractivity contribution >= 4 is 11.7 Å². The normalized spacial score (nSPS) is 9.76. The molecule has 1 aromatic rings. The van der Waals surface area contributed by atoms with Gasteiger partial charge >= 0.3 is 5.97 Å². The average Bonchev–Trinajstić information content (AvgIpc) is 2.28. The lowest BCUT2D eigenvalue weighted by atomic mass is 10.1. The van der Waals surface area contributed by atoms with Gasteiger partial charge in [-0.2, -0.15) is 0 Å². The summed E-state index contributed by atoms with van der Waals surface area (Å²) < 4.78 is 4.89. The fourth-order valence-corrected chi connectivity index (χ4v) is 1.37. The van der Waals surface area contributed by atoms with E-state index in [-0.39, 0.29) is 5.97 Å². The zero-order chi connectivity index (χ0) is 12.7. The van der Waals surface area contributed by atoms with Gasteiger partial charge in [-0.15, -0.1) is 0 Å². The molecule has 0 fully saturated rings. The van der Waals surface area contributed by atoms with Gasteiger partial charge in [-0.05, 0) is 31.5 Å². The molecule has 17 heavy (non-hydrogen) atoms. The van der Waals surface area contributed by atoms with Crippen LogP contribution in [0.1, 0.15) is 19.4 Å². The molecule has 0 saturated heterocycles. The van der Waals surface area contributed by atoms with Crippen molar-refractivity contribution in [2.24, 2.45) is 0 Å². The molecule has 3 heteroatoms. The summed E-state index contributed by atoms with van der Waals surface area (Å²) in [5, 5.41) is 3.23. The quantitative estimate of drug-likeness (QED) is 0.606. The monoisotopic (exact) mass is 233 g/mol. The third kappa shape index (κ3) is 5.20. The number of nitrogens with one attached hydrogen (secondary N) is 1. The Kier molecular flexibility index (Phi) is 5.27. The second-order valence-electron chi connectivity index (χ2n) is 3.99. The molecule has 0 aromatic heterocycles. The predicted octanol–water partition coefficient (Wildman–Crippen LogP) is 2.78. The number of hydrogen-bond acceptors (Lipinski definition) is 3. The van der Waals surface area contributed by atoms with E-state index in [0.29, 0.717) is 13.0 Å². The van der Waals surface area contributed by atoms with Crippen molar-refractivity contribution in [2.45, 2.75) is 20.3 Å². The Morgan fingerprint density at radius 2 is 2.00 bits per heavy atom. The Morgan fingerprint density at radius 3 is 2.53 bits per heavy atom. The lowest BCUT2D eigenvalue weighted by molar-refractivity contribution is -0.142. The Labute approximate surface area is 102 Å². The van der Waals surface area contributed by atoms with Crippen molar-refractivity contribution in [3.05, 3.63) is 42.0 Å². The highest BCUT2D eigenvalue weighted by Crippen LogP contribution is 2.10. The molecule has 3 nitrogen and oxygen atoms in total. The largest absolute Gasteiger partial charge is 0.466 e. The molecule has 0 saturated carbocycles. The zero-order valence-electron chi connectivity index (χ0n) is 10.5. The van der Waals surface area contributed by atoms with Crippen molar-refractivity contribution in [2.75, 3.05) is 18.5 Å². The zero-order valence-corrected chi connectivity index (χ0v) is 10.5. The minimum absolute atomic E-state index is 0.185. The van der Waals surface area contributed by atoms with Gasteiger partial charge in [0.25, 0.3) is 0 Å². The smallest absolute Gasteiger partial charge is 0.310 e. The molecule has 0 aliphatic rings. The van der Waals surface area contributed by atoms with Gasteiger partial charge in [-0.25, -0.2) is 0 Å².